The SMILES string of the molecule is COCCN(CCOC)c1cnccc1CN. The third kappa shape index (κ3) is 4.30. The van der Waals surface area contributed by atoms with Crippen molar-refractivity contribution in [1.82, 2.24) is 4.98 Å². The number of hydrogen-bond acceptors (Lipinski definition) is 5. The number of aromatic nitrogens is 1. The van der Waals surface area contributed by atoms with Gasteiger partial charge < -0.3 is 20.1 Å². The van der Waals surface area contributed by atoms with Crippen LogP contribution in [0.5, 0.6) is 0 Å². The number of nitrogens with zero attached hydrogens (tertiary/aromatic N) is 2. The van der Waals surface area contributed by atoms with Crippen molar-refractivity contribution in [2.24, 2.45) is 5.73 Å². The molecule has 0 bridgehead atoms. The second-order valence-corrected chi connectivity index (χ2v) is 3.68. The van der Waals surface area contributed by atoms with Gasteiger partial charge in [-0.2, -0.15) is 0 Å². The molecule has 0 aromatic carbocycles. The van der Waals surface area contributed by atoms with E-state index in [2.05, 4.69) is 9.88 Å². The van der Waals surface area contributed by atoms with Gasteiger partial charge in [-0.15, -0.1) is 0 Å². The number of hydrogen-bond donors (Lipinski definition) is 1. The molecule has 0 fully saturated rings. The number of anilines is 1. The van der Waals surface area contributed by atoms with Crippen molar-refractivity contribution in [2.75, 3.05) is 45.4 Å². The van der Waals surface area contributed by atoms with Crippen LogP contribution in [0.4, 0.5) is 5.69 Å². The van der Waals surface area contributed by atoms with Crippen LogP contribution in [0.15, 0.2) is 18.5 Å². The molecule has 96 valence electrons. The first-order valence-corrected chi connectivity index (χ1v) is 5.69. The third-order valence-electron chi connectivity index (χ3n) is 2.58. The van der Waals surface area contributed by atoms with Crippen LogP contribution < -0.4 is 10.6 Å². The van der Waals surface area contributed by atoms with E-state index in [4.69, 9.17) is 15.2 Å². The van der Waals surface area contributed by atoms with Crippen molar-refractivity contribution in [3.63, 3.8) is 0 Å². The van der Waals surface area contributed by atoms with Gasteiger partial charge in [-0.05, 0) is 11.6 Å². The van der Waals surface area contributed by atoms with Crippen molar-refractivity contribution >= 4 is 5.69 Å². The molecule has 0 saturated heterocycles. The molecule has 1 rings (SSSR count). The average molecular weight is 239 g/mol. The zero-order valence-corrected chi connectivity index (χ0v) is 10.6. The van der Waals surface area contributed by atoms with E-state index in [1.54, 1.807) is 20.4 Å². The molecule has 17 heavy (non-hydrogen) atoms. The van der Waals surface area contributed by atoms with Gasteiger partial charge in [0.05, 0.1) is 25.1 Å². The number of nitrogens with two attached hydrogens (primary N) is 1. The largest absolute Gasteiger partial charge is 0.383 e. The Morgan fingerprint density at radius 3 is 2.41 bits per heavy atom. The molecule has 0 saturated carbocycles. The molecule has 0 unspecified atom stereocenters. The standard InChI is InChI=1S/C12H21N3O2/c1-16-7-5-15(6-8-17-2)12-10-14-4-3-11(12)9-13/h3-4,10H,5-9,13H2,1-2H3. The maximum atomic E-state index is 5.73. The van der Waals surface area contributed by atoms with E-state index in [0.29, 0.717) is 19.8 Å². The number of methoxy groups -OCH3 is 2. The van der Waals surface area contributed by atoms with E-state index in [9.17, 15) is 0 Å². The monoisotopic (exact) mass is 239 g/mol. The molecule has 1 aromatic rings. The fourth-order valence-electron chi connectivity index (χ4n) is 1.63. The second kappa shape index (κ2) is 8.00. The highest BCUT2D eigenvalue weighted by molar-refractivity contribution is 5.51. The fraction of sp³-hybridized carbons (Fsp3) is 0.583. The molecule has 5 nitrogen and oxygen atoms in total. The van der Waals surface area contributed by atoms with Gasteiger partial charge in [-0.1, -0.05) is 0 Å². The second-order valence-electron chi connectivity index (χ2n) is 3.68. The molecule has 0 radical (unpaired) electrons. The Bertz CT molecular complexity index is 312. The Balaban J connectivity index is 2.78. The number of ether oxygens (including phenoxy) is 2. The van der Waals surface area contributed by atoms with Gasteiger partial charge in [0, 0.05) is 40.1 Å². The molecule has 0 amide bonds. The zero-order chi connectivity index (χ0) is 12.5. The minimum Gasteiger partial charge on any atom is -0.383 e. The fourth-order valence-corrected chi connectivity index (χ4v) is 1.63. The van der Waals surface area contributed by atoms with E-state index in [0.717, 1.165) is 24.3 Å². The van der Waals surface area contributed by atoms with Crippen LogP contribution in [-0.2, 0) is 16.0 Å². The molecule has 0 aliphatic heterocycles. The normalized spacial score (nSPS) is 10.5. The summed E-state index contributed by atoms with van der Waals surface area (Å²) in [5, 5.41) is 0. The number of pyridine rings is 1. The molecule has 0 atom stereocenters. The molecule has 5 heteroatoms. The maximum Gasteiger partial charge on any atom is 0.0637 e. The molecule has 1 aromatic heterocycles. The molecule has 2 N–H and O–H groups in total. The Morgan fingerprint density at radius 1 is 1.24 bits per heavy atom. The smallest absolute Gasteiger partial charge is 0.0637 e. The first-order valence-electron chi connectivity index (χ1n) is 5.69. The average Bonchev–Trinajstić information content (AvgIpc) is 2.39. The van der Waals surface area contributed by atoms with Gasteiger partial charge in [-0.3, -0.25) is 4.98 Å². The van der Waals surface area contributed by atoms with E-state index < -0.39 is 0 Å². The Kier molecular flexibility index (Phi) is 6.54. The van der Waals surface area contributed by atoms with Crippen LogP contribution in [0, 0.1) is 0 Å². The Hall–Kier alpha value is -1.17. The first-order chi connectivity index (χ1) is 8.33. The molecule has 1 heterocycles. The first kappa shape index (κ1) is 13.9. The van der Waals surface area contributed by atoms with Crippen molar-refractivity contribution in [1.29, 1.82) is 0 Å². The minimum absolute atomic E-state index is 0.508. The highest BCUT2D eigenvalue weighted by Crippen LogP contribution is 2.18. The maximum absolute atomic E-state index is 5.73. The summed E-state index contributed by atoms with van der Waals surface area (Å²) in [6.45, 7) is 3.46. The van der Waals surface area contributed by atoms with E-state index in [-0.39, 0.29) is 0 Å². The predicted octanol–water partition coefficient (Wildman–Crippen LogP) is 0.639. The Morgan fingerprint density at radius 2 is 1.88 bits per heavy atom. The minimum atomic E-state index is 0.508. The van der Waals surface area contributed by atoms with E-state index in [1.807, 2.05) is 12.3 Å². The summed E-state index contributed by atoms with van der Waals surface area (Å²) in [6.07, 6.45) is 3.60. The van der Waals surface area contributed by atoms with Crippen LogP contribution in [0.2, 0.25) is 0 Å². The van der Waals surface area contributed by atoms with Crippen molar-refractivity contribution < 1.29 is 9.47 Å². The zero-order valence-electron chi connectivity index (χ0n) is 10.6. The third-order valence-corrected chi connectivity index (χ3v) is 2.58. The van der Waals surface area contributed by atoms with Gasteiger partial charge in [-0.25, -0.2) is 0 Å². The quantitative estimate of drug-likeness (QED) is 0.721. The van der Waals surface area contributed by atoms with E-state index in [1.165, 1.54) is 0 Å². The lowest BCUT2D eigenvalue weighted by Crippen LogP contribution is -2.31. The van der Waals surface area contributed by atoms with Crippen molar-refractivity contribution in [2.45, 2.75) is 6.54 Å². The lowest BCUT2D eigenvalue weighted by molar-refractivity contribution is 0.190. The highest BCUT2D eigenvalue weighted by Gasteiger charge is 2.10. The van der Waals surface area contributed by atoms with Gasteiger partial charge >= 0.3 is 0 Å². The Labute approximate surface area is 103 Å². The number of rotatable bonds is 8. The topological polar surface area (TPSA) is 60.6 Å². The summed E-state index contributed by atoms with van der Waals surface area (Å²) in [7, 11) is 3.39. The van der Waals surface area contributed by atoms with Gasteiger partial charge in [0.15, 0.2) is 0 Å². The summed E-state index contributed by atoms with van der Waals surface area (Å²) < 4.78 is 10.2. The van der Waals surface area contributed by atoms with Crippen molar-refractivity contribution in [3.8, 4) is 0 Å². The predicted molar refractivity (Wildman–Crippen MR) is 68.1 cm³/mol. The van der Waals surface area contributed by atoms with Crippen molar-refractivity contribution in [3.05, 3.63) is 24.0 Å². The molecular weight excluding hydrogens is 218 g/mol. The van der Waals surface area contributed by atoms with Crippen LogP contribution in [-0.4, -0.2) is 45.5 Å². The van der Waals surface area contributed by atoms with Gasteiger partial charge in [0.1, 0.15) is 0 Å². The van der Waals surface area contributed by atoms with Gasteiger partial charge in [0.25, 0.3) is 0 Å². The van der Waals surface area contributed by atoms with Crippen LogP contribution in [0.25, 0.3) is 0 Å². The van der Waals surface area contributed by atoms with E-state index >= 15 is 0 Å². The van der Waals surface area contributed by atoms with Crippen LogP contribution in [0.1, 0.15) is 5.56 Å². The molecule has 0 aliphatic carbocycles. The molecular formula is C12H21N3O2. The highest BCUT2D eigenvalue weighted by atomic mass is 16.5. The lowest BCUT2D eigenvalue weighted by atomic mass is 10.2. The molecule has 0 aliphatic rings. The summed E-state index contributed by atoms with van der Waals surface area (Å²) in [6, 6.07) is 1.95. The van der Waals surface area contributed by atoms with Crippen LogP contribution >= 0.6 is 0 Å². The summed E-state index contributed by atoms with van der Waals surface area (Å²) in [5.41, 5.74) is 7.88. The summed E-state index contributed by atoms with van der Waals surface area (Å²) >= 11 is 0. The van der Waals surface area contributed by atoms with Crippen LogP contribution in [0.3, 0.4) is 0 Å². The summed E-state index contributed by atoms with van der Waals surface area (Å²) in [4.78, 5) is 6.33. The van der Waals surface area contributed by atoms with Gasteiger partial charge in [0.2, 0.25) is 0 Å². The summed E-state index contributed by atoms with van der Waals surface area (Å²) in [5.74, 6) is 0. The lowest BCUT2D eigenvalue weighted by Gasteiger charge is -2.25. The molecule has 0 spiro atoms.